The SMILES string of the molecule is CCOC(=O)c1nc(-c2ccc(Cl)s2)sc1C. The second-order valence-corrected chi connectivity index (χ2v) is 6.17. The number of halogens is 1. The van der Waals surface area contributed by atoms with Crippen LogP contribution in [0.2, 0.25) is 4.34 Å². The fourth-order valence-electron chi connectivity index (χ4n) is 1.32. The van der Waals surface area contributed by atoms with Crippen LogP contribution in [-0.4, -0.2) is 17.6 Å². The number of aromatic nitrogens is 1. The fraction of sp³-hybridized carbons (Fsp3) is 0.273. The second kappa shape index (κ2) is 5.16. The smallest absolute Gasteiger partial charge is 0.358 e. The minimum atomic E-state index is -0.366. The zero-order chi connectivity index (χ0) is 12.4. The van der Waals surface area contributed by atoms with E-state index in [0.717, 1.165) is 14.8 Å². The zero-order valence-electron chi connectivity index (χ0n) is 9.32. The van der Waals surface area contributed by atoms with Crippen LogP contribution < -0.4 is 0 Å². The molecule has 0 aliphatic rings. The van der Waals surface area contributed by atoms with Crippen molar-refractivity contribution in [1.82, 2.24) is 4.98 Å². The molecule has 6 heteroatoms. The Morgan fingerprint density at radius 3 is 2.82 bits per heavy atom. The van der Waals surface area contributed by atoms with E-state index in [2.05, 4.69) is 4.98 Å². The van der Waals surface area contributed by atoms with Gasteiger partial charge in [-0.05, 0) is 26.0 Å². The molecule has 0 spiro atoms. The highest BCUT2D eigenvalue weighted by Gasteiger charge is 2.17. The highest BCUT2D eigenvalue weighted by atomic mass is 35.5. The summed E-state index contributed by atoms with van der Waals surface area (Å²) >= 11 is 8.80. The summed E-state index contributed by atoms with van der Waals surface area (Å²) in [5, 5.41) is 0.808. The summed E-state index contributed by atoms with van der Waals surface area (Å²) < 4.78 is 5.66. The standard InChI is InChI=1S/C11H10ClNO2S2/c1-3-15-11(14)9-6(2)16-10(13-9)7-4-5-8(12)17-7/h4-5H,3H2,1-2H3. The Morgan fingerprint density at radius 1 is 1.47 bits per heavy atom. The van der Waals surface area contributed by atoms with Gasteiger partial charge in [0.2, 0.25) is 0 Å². The van der Waals surface area contributed by atoms with Crippen molar-refractivity contribution in [2.75, 3.05) is 6.61 Å². The number of carbonyl (C=O) groups is 1. The van der Waals surface area contributed by atoms with Crippen LogP contribution >= 0.6 is 34.3 Å². The number of rotatable bonds is 3. The van der Waals surface area contributed by atoms with Crippen LogP contribution in [0.3, 0.4) is 0 Å². The predicted octanol–water partition coefficient (Wildman–Crippen LogP) is 4.01. The molecule has 2 aromatic rings. The molecule has 3 nitrogen and oxygen atoms in total. The van der Waals surface area contributed by atoms with Gasteiger partial charge in [0.1, 0.15) is 5.01 Å². The molecule has 0 bridgehead atoms. The Labute approximate surface area is 112 Å². The number of hydrogen-bond acceptors (Lipinski definition) is 5. The predicted molar refractivity (Wildman–Crippen MR) is 71.1 cm³/mol. The number of thiazole rings is 1. The number of esters is 1. The van der Waals surface area contributed by atoms with E-state index in [1.807, 2.05) is 19.1 Å². The number of carbonyl (C=O) groups excluding carboxylic acids is 1. The Hall–Kier alpha value is -0.910. The lowest BCUT2D eigenvalue weighted by atomic mass is 10.4. The Balaban J connectivity index is 2.33. The largest absolute Gasteiger partial charge is 0.461 e. The summed E-state index contributed by atoms with van der Waals surface area (Å²) in [6.07, 6.45) is 0. The highest BCUT2D eigenvalue weighted by Crippen LogP contribution is 2.34. The van der Waals surface area contributed by atoms with Crippen LogP contribution in [0.15, 0.2) is 12.1 Å². The van der Waals surface area contributed by atoms with Crippen molar-refractivity contribution < 1.29 is 9.53 Å². The summed E-state index contributed by atoms with van der Waals surface area (Å²) in [6, 6.07) is 3.72. The first-order valence-electron chi connectivity index (χ1n) is 5.02. The summed E-state index contributed by atoms with van der Waals surface area (Å²) in [7, 11) is 0. The van der Waals surface area contributed by atoms with E-state index < -0.39 is 0 Å². The van der Waals surface area contributed by atoms with Crippen molar-refractivity contribution in [3.63, 3.8) is 0 Å². The molecule has 0 aliphatic carbocycles. The molecule has 2 rings (SSSR count). The molecule has 0 saturated heterocycles. The molecule has 2 heterocycles. The number of ether oxygens (including phenoxy) is 1. The van der Waals surface area contributed by atoms with Crippen molar-refractivity contribution in [3.8, 4) is 9.88 Å². The number of nitrogens with zero attached hydrogens (tertiary/aromatic N) is 1. The number of aryl methyl sites for hydroxylation is 1. The summed E-state index contributed by atoms with van der Waals surface area (Å²) in [4.78, 5) is 17.8. The molecule has 90 valence electrons. The lowest BCUT2D eigenvalue weighted by Crippen LogP contribution is -2.06. The van der Waals surface area contributed by atoms with E-state index in [0.29, 0.717) is 16.6 Å². The van der Waals surface area contributed by atoms with Crippen molar-refractivity contribution >= 4 is 40.2 Å². The van der Waals surface area contributed by atoms with Crippen molar-refractivity contribution in [2.45, 2.75) is 13.8 Å². The third kappa shape index (κ3) is 2.68. The normalized spacial score (nSPS) is 10.5. The van der Waals surface area contributed by atoms with Gasteiger partial charge in [-0.15, -0.1) is 22.7 Å². The van der Waals surface area contributed by atoms with Crippen LogP contribution in [-0.2, 0) is 4.74 Å². The Kier molecular flexibility index (Phi) is 3.81. The molecule has 0 amide bonds. The van der Waals surface area contributed by atoms with Gasteiger partial charge in [0.05, 0.1) is 15.8 Å². The molecule has 0 atom stereocenters. The molecule has 0 fully saturated rings. The molecule has 0 unspecified atom stereocenters. The molecular weight excluding hydrogens is 278 g/mol. The van der Waals surface area contributed by atoms with Gasteiger partial charge in [-0.3, -0.25) is 0 Å². The first-order chi connectivity index (χ1) is 8.11. The Bertz CT molecular complexity index is 547. The molecular formula is C11H10ClNO2S2. The van der Waals surface area contributed by atoms with Gasteiger partial charge in [-0.1, -0.05) is 11.6 Å². The lowest BCUT2D eigenvalue weighted by Gasteiger charge is -1.97. The van der Waals surface area contributed by atoms with Gasteiger partial charge >= 0.3 is 5.97 Å². The number of hydrogen-bond donors (Lipinski definition) is 0. The van der Waals surface area contributed by atoms with Gasteiger partial charge in [-0.25, -0.2) is 9.78 Å². The van der Waals surface area contributed by atoms with Crippen molar-refractivity contribution in [2.24, 2.45) is 0 Å². The first-order valence-corrected chi connectivity index (χ1v) is 7.03. The maximum Gasteiger partial charge on any atom is 0.358 e. The van der Waals surface area contributed by atoms with E-state index >= 15 is 0 Å². The quantitative estimate of drug-likeness (QED) is 0.801. The van der Waals surface area contributed by atoms with Crippen molar-refractivity contribution in [1.29, 1.82) is 0 Å². The monoisotopic (exact) mass is 287 g/mol. The van der Waals surface area contributed by atoms with E-state index in [1.54, 1.807) is 6.92 Å². The van der Waals surface area contributed by atoms with Gasteiger partial charge in [0.15, 0.2) is 5.69 Å². The molecule has 0 saturated carbocycles. The Morgan fingerprint density at radius 2 is 2.24 bits per heavy atom. The van der Waals surface area contributed by atoms with Crippen LogP contribution in [0.5, 0.6) is 0 Å². The molecule has 2 aromatic heterocycles. The molecule has 0 N–H and O–H groups in total. The number of thiophene rings is 1. The maximum absolute atomic E-state index is 11.6. The van der Waals surface area contributed by atoms with E-state index in [9.17, 15) is 4.79 Å². The third-order valence-corrected chi connectivity index (χ3v) is 4.42. The topological polar surface area (TPSA) is 39.2 Å². The highest BCUT2D eigenvalue weighted by molar-refractivity contribution is 7.23. The maximum atomic E-state index is 11.6. The fourth-order valence-corrected chi connectivity index (χ4v) is 3.32. The average molecular weight is 288 g/mol. The summed E-state index contributed by atoms with van der Waals surface area (Å²) in [5.41, 5.74) is 0.399. The minimum absolute atomic E-state index is 0.357. The molecule has 0 aliphatic heterocycles. The van der Waals surface area contributed by atoms with Crippen molar-refractivity contribution in [3.05, 3.63) is 27.0 Å². The third-order valence-electron chi connectivity index (χ3n) is 2.05. The average Bonchev–Trinajstić information content (AvgIpc) is 2.85. The van der Waals surface area contributed by atoms with Crippen LogP contribution in [0.1, 0.15) is 22.3 Å². The van der Waals surface area contributed by atoms with Crippen LogP contribution in [0, 0.1) is 6.92 Å². The van der Waals surface area contributed by atoms with Crippen LogP contribution in [0.25, 0.3) is 9.88 Å². The lowest BCUT2D eigenvalue weighted by molar-refractivity contribution is 0.0519. The van der Waals surface area contributed by atoms with Gasteiger partial charge in [0, 0.05) is 4.88 Å². The zero-order valence-corrected chi connectivity index (χ0v) is 11.7. The second-order valence-electron chi connectivity index (χ2n) is 3.25. The molecule has 0 radical (unpaired) electrons. The molecule has 0 aromatic carbocycles. The van der Waals surface area contributed by atoms with Gasteiger partial charge in [0.25, 0.3) is 0 Å². The van der Waals surface area contributed by atoms with Gasteiger partial charge < -0.3 is 4.74 Å². The van der Waals surface area contributed by atoms with Gasteiger partial charge in [-0.2, -0.15) is 0 Å². The summed E-state index contributed by atoms with van der Waals surface area (Å²) in [5.74, 6) is -0.366. The van der Waals surface area contributed by atoms with E-state index in [1.165, 1.54) is 22.7 Å². The van der Waals surface area contributed by atoms with E-state index in [-0.39, 0.29) is 5.97 Å². The minimum Gasteiger partial charge on any atom is -0.461 e. The van der Waals surface area contributed by atoms with Crippen LogP contribution in [0.4, 0.5) is 0 Å². The first kappa shape index (κ1) is 12.5. The summed E-state index contributed by atoms with van der Waals surface area (Å²) in [6.45, 7) is 4.00. The van der Waals surface area contributed by atoms with E-state index in [4.69, 9.17) is 16.3 Å². The molecule has 17 heavy (non-hydrogen) atoms.